The van der Waals surface area contributed by atoms with Gasteiger partial charge in [0.1, 0.15) is 13.2 Å². The van der Waals surface area contributed by atoms with E-state index in [2.05, 4.69) is 13.1 Å². The zero-order valence-corrected chi connectivity index (χ0v) is 8.00. The highest BCUT2D eigenvalue weighted by Gasteiger charge is 2.36. The van der Waals surface area contributed by atoms with Crippen molar-refractivity contribution in [2.45, 2.75) is 6.10 Å². The van der Waals surface area contributed by atoms with Crippen molar-refractivity contribution in [3.8, 4) is 0 Å². The van der Waals surface area contributed by atoms with Gasteiger partial charge in [0.05, 0.1) is 0 Å². The van der Waals surface area contributed by atoms with Gasteiger partial charge >= 0.3 is 16.4 Å². The predicted octanol–water partition coefficient (Wildman–Crippen LogP) is -0.0298. The SMILES string of the molecule is O=C(OCC=C(F)F)C1COS(=O)(=O)O1. The van der Waals surface area contributed by atoms with E-state index in [4.69, 9.17) is 0 Å². The largest absolute Gasteiger partial charge is 0.459 e. The molecule has 1 unspecified atom stereocenters. The van der Waals surface area contributed by atoms with Gasteiger partial charge in [0.15, 0.2) is 0 Å². The summed E-state index contributed by atoms with van der Waals surface area (Å²) in [5.41, 5.74) is 0. The van der Waals surface area contributed by atoms with Crippen molar-refractivity contribution in [2.75, 3.05) is 13.2 Å². The van der Waals surface area contributed by atoms with E-state index in [-0.39, 0.29) is 0 Å². The number of hydrogen-bond donors (Lipinski definition) is 0. The molecule has 1 heterocycles. The summed E-state index contributed by atoms with van der Waals surface area (Å²) < 4.78 is 56.6. The van der Waals surface area contributed by atoms with Crippen LogP contribution in [-0.2, 0) is 28.3 Å². The Bertz CT molecular complexity index is 371. The molecule has 0 aromatic carbocycles. The van der Waals surface area contributed by atoms with Crippen LogP contribution in [0.3, 0.4) is 0 Å². The van der Waals surface area contributed by atoms with Crippen molar-refractivity contribution >= 4 is 16.4 Å². The fourth-order valence-electron chi connectivity index (χ4n) is 0.730. The lowest BCUT2D eigenvalue weighted by Gasteiger charge is -2.03. The maximum Gasteiger partial charge on any atom is 0.400 e. The van der Waals surface area contributed by atoms with Crippen LogP contribution in [0.25, 0.3) is 0 Å². The third-order valence-corrected chi connectivity index (χ3v) is 2.22. The summed E-state index contributed by atoms with van der Waals surface area (Å²) in [6.07, 6.45) is -3.06. The van der Waals surface area contributed by atoms with Crippen LogP contribution in [0.5, 0.6) is 0 Å². The third-order valence-electron chi connectivity index (χ3n) is 1.32. The lowest BCUT2D eigenvalue weighted by atomic mass is 10.4. The summed E-state index contributed by atoms with van der Waals surface area (Å²) in [4.78, 5) is 10.9. The minimum absolute atomic E-state index is 0.363. The molecule has 1 aliphatic rings. The Morgan fingerprint density at radius 3 is 2.67 bits per heavy atom. The summed E-state index contributed by atoms with van der Waals surface area (Å²) in [7, 11) is -4.15. The number of hydrogen-bond acceptors (Lipinski definition) is 6. The lowest BCUT2D eigenvalue weighted by molar-refractivity contribution is -0.149. The summed E-state index contributed by atoms with van der Waals surface area (Å²) >= 11 is 0. The Kier molecular flexibility index (Phi) is 3.72. The van der Waals surface area contributed by atoms with Gasteiger partial charge in [0.2, 0.25) is 6.10 Å². The van der Waals surface area contributed by atoms with Crippen LogP contribution in [0.4, 0.5) is 8.78 Å². The molecule has 6 nitrogen and oxygen atoms in total. The predicted molar refractivity (Wildman–Crippen MR) is 41.0 cm³/mol. The molecule has 1 rings (SSSR count). The molecule has 9 heteroatoms. The molecule has 1 aliphatic heterocycles. The number of halogens is 2. The molecule has 0 saturated carbocycles. The molecule has 0 aliphatic carbocycles. The van der Waals surface area contributed by atoms with Crippen molar-refractivity contribution in [3.63, 3.8) is 0 Å². The average Bonchev–Trinajstić information content (AvgIpc) is 2.45. The molecular formula is C6H6F2O6S. The van der Waals surface area contributed by atoms with Crippen molar-refractivity contribution in [2.24, 2.45) is 0 Å². The molecular weight excluding hydrogens is 238 g/mol. The molecule has 0 spiro atoms. The zero-order valence-electron chi connectivity index (χ0n) is 7.18. The van der Waals surface area contributed by atoms with Gasteiger partial charge in [-0.15, -0.1) is 0 Å². The molecule has 0 N–H and O–H groups in total. The minimum Gasteiger partial charge on any atom is -0.459 e. The number of carbonyl (C=O) groups excluding carboxylic acids is 1. The van der Waals surface area contributed by atoms with Gasteiger partial charge in [-0.1, -0.05) is 0 Å². The maximum absolute atomic E-state index is 11.5. The average molecular weight is 244 g/mol. The molecule has 1 atom stereocenters. The smallest absolute Gasteiger partial charge is 0.400 e. The normalized spacial score (nSPS) is 23.5. The number of rotatable bonds is 3. The summed E-state index contributed by atoms with van der Waals surface area (Å²) in [5.74, 6) is -1.08. The van der Waals surface area contributed by atoms with Crippen LogP contribution in [0, 0.1) is 0 Å². The summed E-state index contributed by atoms with van der Waals surface area (Å²) in [6, 6.07) is 0. The van der Waals surface area contributed by atoms with E-state index < -0.39 is 41.8 Å². The Balaban J connectivity index is 2.40. The first-order valence-corrected chi connectivity index (χ1v) is 4.99. The van der Waals surface area contributed by atoms with Gasteiger partial charge in [-0.3, -0.25) is 0 Å². The fraction of sp³-hybridized carbons (Fsp3) is 0.500. The standard InChI is InChI=1S/C6H6F2O6S/c7-5(8)1-2-12-6(9)4-3-13-15(10,11)14-4/h1,4H,2-3H2. The van der Waals surface area contributed by atoms with E-state index in [0.717, 1.165) is 0 Å². The highest BCUT2D eigenvalue weighted by Crippen LogP contribution is 2.13. The highest BCUT2D eigenvalue weighted by molar-refractivity contribution is 7.82. The summed E-state index contributed by atoms with van der Waals surface area (Å²) in [5, 5.41) is 0. The number of ether oxygens (including phenoxy) is 1. The second-order valence-corrected chi connectivity index (χ2v) is 3.65. The van der Waals surface area contributed by atoms with Crippen LogP contribution in [-0.4, -0.2) is 33.7 Å². The fourth-order valence-corrected chi connectivity index (χ4v) is 1.49. The van der Waals surface area contributed by atoms with Crippen molar-refractivity contribution < 1.29 is 35.1 Å². The second kappa shape index (κ2) is 4.64. The van der Waals surface area contributed by atoms with Gasteiger partial charge in [-0.2, -0.15) is 17.2 Å². The van der Waals surface area contributed by atoms with E-state index in [9.17, 15) is 22.0 Å². The van der Waals surface area contributed by atoms with Gasteiger partial charge in [-0.05, 0) is 0 Å². The van der Waals surface area contributed by atoms with Gasteiger partial charge in [0.25, 0.3) is 6.08 Å². The Morgan fingerprint density at radius 2 is 2.20 bits per heavy atom. The molecule has 0 amide bonds. The third kappa shape index (κ3) is 3.90. The van der Waals surface area contributed by atoms with Crippen LogP contribution in [0.15, 0.2) is 12.2 Å². The van der Waals surface area contributed by atoms with E-state index in [1.54, 1.807) is 0 Å². The summed E-state index contributed by atoms with van der Waals surface area (Å²) in [6.45, 7) is -1.16. The Hall–Kier alpha value is -1.06. The van der Waals surface area contributed by atoms with E-state index >= 15 is 0 Å². The van der Waals surface area contributed by atoms with Crippen LogP contribution >= 0.6 is 0 Å². The zero-order chi connectivity index (χ0) is 11.5. The monoisotopic (exact) mass is 244 g/mol. The first kappa shape index (κ1) is 12.0. The van der Waals surface area contributed by atoms with Crippen molar-refractivity contribution in [1.29, 1.82) is 0 Å². The van der Waals surface area contributed by atoms with Crippen LogP contribution in [0.1, 0.15) is 0 Å². The van der Waals surface area contributed by atoms with E-state index in [1.165, 1.54) is 0 Å². The van der Waals surface area contributed by atoms with Gasteiger partial charge in [0, 0.05) is 6.08 Å². The molecule has 86 valence electrons. The topological polar surface area (TPSA) is 78.9 Å². The lowest BCUT2D eigenvalue weighted by Crippen LogP contribution is -2.25. The first-order valence-electron chi connectivity index (χ1n) is 3.66. The molecule has 0 radical (unpaired) electrons. The molecule has 1 saturated heterocycles. The minimum atomic E-state index is -4.15. The highest BCUT2D eigenvalue weighted by atomic mass is 32.3. The first-order chi connectivity index (χ1) is 6.91. The number of carbonyl (C=O) groups is 1. The van der Waals surface area contributed by atoms with Gasteiger partial charge in [-0.25, -0.2) is 13.2 Å². The quantitative estimate of drug-likeness (QED) is 0.649. The molecule has 0 aromatic rings. The molecule has 15 heavy (non-hydrogen) atoms. The van der Waals surface area contributed by atoms with Gasteiger partial charge < -0.3 is 4.74 Å². The Labute approximate surface area is 83.7 Å². The molecule has 1 fully saturated rings. The van der Waals surface area contributed by atoms with Crippen LogP contribution < -0.4 is 0 Å². The second-order valence-electron chi connectivity index (χ2n) is 2.40. The van der Waals surface area contributed by atoms with E-state index in [1.807, 2.05) is 0 Å². The Morgan fingerprint density at radius 1 is 1.53 bits per heavy atom. The van der Waals surface area contributed by atoms with Crippen LogP contribution in [0.2, 0.25) is 0 Å². The maximum atomic E-state index is 11.5. The molecule has 0 bridgehead atoms. The number of esters is 1. The van der Waals surface area contributed by atoms with Crippen molar-refractivity contribution in [1.82, 2.24) is 0 Å². The van der Waals surface area contributed by atoms with Crippen molar-refractivity contribution in [3.05, 3.63) is 12.2 Å². The molecule has 0 aromatic heterocycles. The van der Waals surface area contributed by atoms with E-state index in [0.29, 0.717) is 6.08 Å².